The highest BCUT2D eigenvalue weighted by Gasteiger charge is 2.52. The van der Waals surface area contributed by atoms with E-state index in [1.807, 2.05) is 18.4 Å². The second-order valence-electron chi connectivity index (χ2n) is 5.11. The number of carbonyl (C=O) groups excluding carboxylic acids is 2. The summed E-state index contributed by atoms with van der Waals surface area (Å²) in [4.78, 5) is 31.9. The van der Waals surface area contributed by atoms with Gasteiger partial charge in [-0.2, -0.15) is 5.43 Å². The van der Waals surface area contributed by atoms with Crippen molar-refractivity contribution < 1.29 is 14.2 Å². The molecule has 0 bridgehead atoms. The summed E-state index contributed by atoms with van der Waals surface area (Å²) < 4.78 is 1.85. The van der Waals surface area contributed by atoms with E-state index in [4.69, 9.17) is 0 Å². The Kier molecular flexibility index (Phi) is 2.81. The van der Waals surface area contributed by atoms with Crippen molar-refractivity contribution in [2.75, 3.05) is 20.1 Å². The summed E-state index contributed by atoms with van der Waals surface area (Å²) in [5, 5.41) is 4.11. The van der Waals surface area contributed by atoms with Crippen molar-refractivity contribution in [3.05, 3.63) is 0 Å². The number of nitrogens with one attached hydrogen (secondary N) is 1. The minimum Gasteiger partial charge on any atom is -0.270 e. The quantitative estimate of drug-likeness (QED) is 0.686. The summed E-state index contributed by atoms with van der Waals surface area (Å²) in [7, 11) is 1.65. The van der Waals surface area contributed by atoms with E-state index in [0.717, 1.165) is 12.1 Å². The van der Waals surface area contributed by atoms with Crippen LogP contribution in [0.3, 0.4) is 0 Å². The van der Waals surface area contributed by atoms with Crippen LogP contribution in [0.15, 0.2) is 10.1 Å². The zero-order chi connectivity index (χ0) is 14.4. The number of amidine groups is 1. The van der Waals surface area contributed by atoms with Gasteiger partial charge in [0, 0.05) is 13.6 Å². The van der Waals surface area contributed by atoms with Gasteiger partial charge in [-0.3, -0.25) is 14.6 Å². The van der Waals surface area contributed by atoms with Gasteiger partial charge in [-0.15, -0.1) is 5.10 Å². The summed E-state index contributed by atoms with van der Waals surface area (Å²) in [5.74, 6) is 0.793. The molecule has 106 valence electrons. The molecule has 20 heavy (non-hydrogen) atoms. The van der Waals surface area contributed by atoms with Crippen LogP contribution in [0.4, 0.5) is 4.79 Å². The molecule has 0 aliphatic carbocycles. The van der Waals surface area contributed by atoms with E-state index in [1.165, 1.54) is 9.80 Å². The number of hydrogen-bond acceptors (Lipinski definition) is 5. The number of imide groups is 1. The third kappa shape index (κ3) is 1.64. The van der Waals surface area contributed by atoms with Crippen molar-refractivity contribution in [1.82, 2.24) is 15.2 Å². The van der Waals surface area contributed by atoms with Crippen LogP contribution in [0.25, 0.3) is 0 Å². The van der Waals surface area contributed by atoms with E-state index in [-0.39, 0.29) is 11.9 Å². The van der Waals surface area contributed by atoms with E-state index in [2.05, 4.69) is 15.5 Å². The topological polar surface area (TPSA) is 80.4 Å². The average molecular weight is 277 g/mol. The molecule has 0 radical (unpaired) electrons. The molecule has 3 amide bonds. The van der Waals surface area contributed by atoms with E-state index in [1.54, 1.807) is 7.05 Å². The van der Waals surface area contributed by atoms with E-state index in [0.29, 0.717) is 24.9 Å². The highest BCUT2D eigenvalue weighted by Crippen LogP contribution is 2.20. The Morgan fingerprint density at radius 3 is 2.90 bits per heavy atom. The molecule has 3 heterocycles. The molecule has 0 spiro atoms. The largest absolute Gasteiger partial charge is 0.414 e. The third-order valence-corrected chi connectivity index (χ3v) is 3.60. The van der Waals surface area contributed by atoms with Crippen LogP contribution in [0.2, 0.25) is 0 Å². The fourth-order valence-corrected chi connectivity index (χ4v) is 2.63. The maximum Gasteiger partial charge on any atom is 0.414 e. The summed E-state index contributed by atoms with van der Waals surface area (Å²) in [6.07, 6.45) is 0.736. The predicted octanol–water partition coefficient (Wildman–Crippen LogP) is -0.581. The number of amides is 3. The van der Waals surface area contributed by atoms with E-state index >= 15 is 0 Å². The fourth-order valence-electron chi connectivity index (χ4n) is 2.63. The summed E-state index contributed by atoms with van der Waals surface area (Å²) in [6.45, 7) is 4.78. The summed E-state index contributed by atoms with van der Waals surface area (Å²) in [5.41, 5.74) is 3.70. The lowest BCUT2D eigenvalue weighted by atomic mass is 10.1. The highest BCUT2D eigenvalue weighted by molar-refractivity contribution is 6.23. The average Bonchev–Trinajstić information content (AvgIpc) is 2.80. The van der Waals surface area contributed by atoms with Gasteiger partial charge in [0.05, 0.1) is 5.71 Å². The molecular formula is C12H17N6O2+. The van der Waals surface area contributed by atoms with Crippen molar-refractivity contribution >= 4 is 29.4 Å². The van der Waals surface area contributed by atoms with Gasteiger partial charge >= 0.3 is 12.0 Å². The van der Waals surface area contributed by atoms with Crippen molar-refractivity contribution in [2.24, 2.45) is 10.1 Å². The Labute approximate surface area is 116 Å². The first-order valence-corrected chi connectivity index (χ1v) is 6.65. The van der Waals surface area contributed by atoms with Crippen LogP contribution in [-0.2, 0) is 4.79 Å². The molecule has 1 saturated heterocycles. The molecule has 8 nitrogen and oxygen atoms in total. The second kappa shape index (κ2) is 4.39. The SMILES string of the molecule is CCCN1C(=O)C2C(=NC3=[N+]2CC(C)=NN3)N(C)C1=O. The zero-order valence-corrected chi connectivity index (χ0v) is 11.8. The molecule has 3 aliphatic heterocycles. The molecule has 8 heteroatoms. The number of aliphatic imine (C=N–C) groups is 1. The molecule has 3 rings (SSSR count). The number of hydrazone groups is 1. The van der Waals surface area contributed by atoms with Crippen LogP contribution in [0.1, 0.15) is 20.3 Å². The van der Waals surface area contributed by atoms with Gasteiger partial charge in [-0.25, -0.2) is 9.37 Å². The van der Waals surface area contributed by atoms with Crippen LogP contribution < -0.4 is 5.43 Å². The Hall–Kier alpha value is -2.25. The maximum absolute atomic E-state index is 12.6. The predicted molar refractivity (Wildman–Crippen MR) is 72.8 cm³/mol. The summed E-state index contributed by atoms with van der Waals surface area (Å²) >= 11 is 0. The molecule has 1 fully saturated rings. The molecule has 1 N–H and O–H groups in total. The van der Waals surface area contributed by atoms with Gasteiger partial charge in [-0.1, -0.05) is 11.9 Å². The molecular weight excluding hydrogens is 260 g/mol. The number of rotatable bonds is 2. The lowest BCUT2D eigenvalue weighted by Crippen LogP contribution is -2.63. The molecule has 0 saturated carbocycles. The standard InChI is InChI=1S/C12H16N6O2/c1-4-5-17-10(19)8-9(16(3)12(17)20)13-11-15-14-7(2)6-18(8)11/h8H,4-6H2,1-3H3/p+1. The molecule has 1 atom stereocenters. The second-order valence-corrected chi connectivity index (χ2v) is 5.11. The van der Waals surface area contributed by atoms with Crippen molar-refractivity contribution in [3.63, 3.8) is 0 Å². The number of carbonyl (C=O) groups is 2. The minimum atomic E-state index is -0.530. The third-order valence-electron chi connectivity index (χ3n) is 3.60. The lowest BCUT2D eigenvalue weighted by molar-refractivity contribution is -0.524. The first-order chi connectivity index (χ1) is 9.54. The number of likely N-dealkylation sites (N-methyl/N-ethyl adjacent to an activating group) is 1. The Balaban J connectivity index is 1.98. The first-order valence-electron chi connectivity index (χ1n) is 6.65. The van der Waals surface area contributed by atoms with E-state index in [9.17, 15) is 9.59 Å². The first kappa shape index (κ1) is 12.8. The smallest absolute Gasteiger partial charge is 0.270 e. The number of fused-ring (bicyclic) bond motifs is 2. The number of nitrogens with zero attached hydrogens (tertiary/aromatic N) is 5. The molecule has 1 unspecified atom stereocenters. The van der Waals surface area contributed by atoms with E-state index < -0.39 is 6.04 Å². The van der Waals surface area contributed by atoms with Crippen LogP contribution in [0, 0.1) is 0 Å². The van der Waals surface area contributed by atoms with Crippen LogP contribution in [0.5, 0.6) is 0 Å². The van der Waals surface area contributed by atoms with Gasteiger partial charge < -0.3 is 0 Å². The van der Waals surface area contributed by atoms with Gasteiger partial charge in [0.25, 0.3) is 5.91 Å². The molecule has 0 aromatic rings. The van der Waals surface area contributed by atoms with Crippen LogP contribution in [-0.4, -0.2) is 70.0 Å². The zero-order valence-electron chi connectivity index (χ0n) is 11.8. The Morgan fingerprint density at radius 1 is 1.45 bits per heavy atom. The number of hydrogen-bond donors (Lipinski definition) is 1. The number of urea groups is 1. The summed E-state index contributed by atoms with van der Waals surface area (Å²) in [6, 6.07) is -0.845. The van der Waals surface area contributed by atoms with Crippen LogP contribution >= 0.6 is 0 Å². The fraction of sp³-hybridized carbons (Fsp3) is 0.583. The lowest BCUT2D eigenvalue weighted by Gasteiger charge is -2.34. The Bertz CT molecular complexity index is 591. The molecule has 3 aliphatic rings. The normalized spacial score (nSPS) is 25.2. The van der Waals surface area contributed by atoms with Crippen molar-refractivity contribution in [3.8, 4) is 0 Å². The highest BCUT2D eigenvalue weighted by atomic mass is 16.2. The monoisotopic (exact) mass is 277 g/mol. The molecule has 0 aromatic heterocycles. The number of guanidine groups is 1. The van der Waals surface area contributed by atoms with Gasteiger partial charge in [0.1, 0.15) is 6.54 Å². The maximum atomic E-state index is 12.6. The van der Waals surface area contributed by atoms with Crippen molar-refractivity contribution in [2.45, 2.75) is 26.3 Å². The molecule has 0 aromatic carbocycles. The van der Waals surface area contributed by atoms with Crippen molar-refractivity contribution in [1.29, 1.82) is 0 Å². The van der Waals surface area contributed by atoms with Gasteiger partial charge in [0.15, 0.2) is 0 Å². The van der Waals surface area contributed by atoms with Gasteiger partial charge in [0.2, 0.25) is 11.9 Å². The van der Waals surface area contributed by atoms with Gasteiger partial charge in [-0.05, 0) is 13.3 Å². The Morgan fingerprint density at radius 2 is 2.20 bits per heavy atom. The minimum absolute atomic E-state index is 0.208.